The second-order valence-corrected chi connectivity index (χ2v) is 7.80. The number of aliphatic imine (C=N–C) groups is 1. The molecular formula is C17H27IN4S2. The number of rotatable bonds is 7. The number of aromatic nitrogens is 1. The van der Waals surface area contributed by atoms with Crippen LogP contribution in [-0.4, -0.2) is 42.5 Å². The van der Waals surface area contributed by atoms with Gasteiger partial charge in [-0.2, -0.15) is 0 Å². The zero-order chi connectivity index (χ0) is 16.7. The third kappa shape index (κ3) is 6.68. The standard InChI is InChI=1S/C17H26N4S2.HI/c1-5-18-17(21(4)11-9-15-7-6-12-22-15)19-10-8-16-13(2)20-14(3)23-16;/h6-7,12H,5,8-11H2,1-4H3,(H,18,19);1H. The number of guanidine groups is 1. The Hall–Kier alpha value is -0.670. The predicted octanol–water partition coefficient (Wildman–Crippen LogP) is 4.12. The van der Waals surface area contributed by atoms with Crippen LogP contribution < -0.4 is 5.32 Å². The van der Waals surface area contributed by atoms with E-state index in [0.717, 1.165) is 49.1 Å². The molecule has 0 spiro atoms. The molecule has 2 rings (SSSR count). The average molecular weight is 478 g/mol. The molecule has 0 amide bonds. The van der Waals surface area contributed by atoms with E-state index in [2.05, 4.69) is 60.5 Å². The molecule has 0 bridgehead atoms. The molecule has 0 atom stereocenters. The van der Waals surface area contributed by atoms with Gasteiger partial charge in [0.25, 0.3) is 0 Å². The Morgan fingerprint density at radius 1 is 1.33 bits per heavy atom. The minimum Gasteiger partial charge on any atom is -0.357 e. The van der Waals surface area contributed by atoms with Gasteiger partial charge in [0.05, 0.1) is 10.7 Å². The quantitative estimate of drug-likeness (QED) is 0.370. The molecule has 0 aromatic carbocycles. The summed E-state index contributed by atoms with van der Waals surface area (Å²) in [6.45, 7) is 8.92. The lowest BCUT2D eigenvalue weighted by molar-refractivity contribution is 0.487. The summed E-state index contributed by atoms with van der Waals surface area (Å²) in [5.74, 6) is 0.989. The van der Waals surface area contributed by atoms with Gasteiger partial charge < -0.3 is 10.2 Å². The van der Waals surface area contributed by atoms with Gasteiger partial charge in [-0.25, -0.2) is 4.98 Å². The molecule has 0 saturated heterocycles. The van der Waals surface area contributed by atoms with Gasteiger partial charge in [0.15, 0.2) is 5.96 Å². The molecular weight excluding hydrogens is 451 g/mol. The first kappa shape index (κ1) is 21.4. The van der Waals surface area contributed by atoms with Crippen molar-refractivity contribution in [3.63, 3.8) is 0 Å². The number of hydrogen-bond acceptors (Lipinski definition) is 4. The molecule has 1 N–H and O–H groups in total. The van der Waals surface area contributed by atoms with Crippen LogP contribution >= 0.6 is 46.7 Å². The largest absolute Gasteiger partial charge is 0.357 e. The summed E-state index contributed by atoms with van der Waals surface area (Å²) in [5.41, 5.74) is 1.15. The molecule has 0 radical (unpaired) electrons. The zero-order valence-corrected chi connectivity index (χ0v) is 18.8. The number of nitrogens with one attached hydrogen (secondary N) is 1. The van der Waals surface area contributed by atoms with E-state index < -0.39 is 0 Å². The van der Waals surface area contributed by atoms with Crippen LogP contribution in [-0.2, 0) is 12.8 Å². The van der Waals surface area contributed by atoms with E-state index in [9.17, 15) is 0 Å². The lowest BCUT2D eigenvalue weighted by atomic mass is 10.3. The maximum atomic E-state index is 4.77. The van der Waals surface area contributed by atoms with E-state index in [1.165, 1.54) is 9.75 Å². The van der Waals surface area contributed by atoms with E-state index in [1.807, 2.05) is 11.3 Å². The number of aryl methyl sites for hydroxylation is 2. The minimum absolute atomic E-state index is 0. The van der Waals surface area contributed by atoms with Crippen molar-refractivity contribution < 1.29 is 0 Å². The third-order valence-electron chi connectivity index (χ3n) is 3.57. The molecule has 0 aliphatic rings. The van der Waals surface area contributed by atoms with Gasteiger partial charge in [-0.05, 0) is 38.6 Å². The Balaban J connectivity index is 0.00000288. The van der Waals surface area contributed by atoms with Crippen LogP contribution in [0.5, 0.6) is 0 Å². The lowest BCUT2D eigenvalue weighted by Gasteiger charge is -2.21. The van der Waals surface area contributed by atoms with Gasteiger partial charge in [-0.1, -0.05) is 6.07 Å². The highest BCUT2D eigenvalue weighted by Crippen LogP contribution is 2.17. The monoisotopic (exact) mass is 478 g/mol. The van der Waals surface area contributed by atoms with Gasteiger partial charge in [-0.3, -0.25) is 4.99 Å². The summed E-state index contributed by atoms with van der Waals surface area (Å²) in [5, 5.41) is 6.66. The Kier molecular flexibility index (Phi) is 9.84. The fraction of sp³-hybridized carbons (Fsp3) is 0.529. The number of nitrogens with zero attached hydrogens (tertiary/aromatic N) is 3. The maximum absolute atomic E-state index is 4.77. The van der Waals surface area contributed by atoms with Crippen LogP contribution in [0.4, 0.5) is 0 Å². The summed E-state index contributed by atoms with van der Waals surface area (Å²) < 4.78 is 0. The number of thiophene rings is 1. The van der Waals surface area contributed by atoms with Gasteiger partial charge in [-0.15, -0.1) is 46.7 Å². The topological polar surface area (TPSA) is 40.5 Å². The van der Waals surface area contributed by atoms with Crippen molar-refractivity contribution in [2.24, 2.45) is 4.99 Å². The number of thiazole rings is 1. The SMILES string of the molecule is CCNC(=NCCc1sc(C)nc1C)N(C)CCc1cccs1.I. The first-order valence-corrected chi connectivity index (χ1v) is 9.74. The highest BCUT2D eigenvalue weighted by Gasteiger charge is 2.07. The molecule has 0 aliphatic heterocycles. The first-order valence-electron chi connectivity index (χ1n) is 8.05. The Morgan fingerprint density at radius 3 is 2.71 bits per heavy atom. The molecule has 2 heterocycles. The highest BCUT2D eigenvalue weighted by atomic mass is 127. The zero-order valence-electron chi connectivity index (χ0n) is 14.8. The first-order chi connectivity index (χ1) is 11.1. The summed E-state index contributed by atoms with van der Waals surface area (Å²) in [6, 6.07) is 4.30. The van der Waals surface area contributed by atoms with Gasteiger partial charge in [0.1, 0.15) is 0 Å². The van der Waals surface area contributed by atoms with Crippen LogP contribution in [0.2, 0.25) is 0 Å². The molecule has 7 heteroatoms. The number of halogens is 1. The van der Waals surface area contributed by atoms with E-state index in [-0.39, 0.29) is 24.0 Å². The fourth-order valence-electron chi connectivity index (χ4n) is 2.38. The van der Waals surface area contributed by atoms with Crippen LogP contribution in [0.15, 0.2) is 22.5 Å². The van der Waals surface area contributed by atoms with Crippen LogP contribution in [0.25, 0.3) is 0 Å². The lowest BCUT2D eigenvalue weighted by Crippen LogP contribution is -2.40. The van der Waals surface area contributed by atoms with Crippen LogP contribution in [0.1, 0.15) is 27.4 Å². The van der Waals surface area contributed by atoms with Crippen molar-refractivity contribution >= 4 is 52.6 Å². The van der Waals surface area contributed by atoms with Crippen molar-refractivity contribution in [1.82, 2.24) is 15.2 Å². The second kappa shape index (κ2) is 11.0. The summed E-state index contributed by atoms with van der Waals surface area (Å²) >= 11 is 3.60. The van der Waals surface area contributed by atoms with Crippen LogP contribution in [0, 0.1) is 13.8 Å². The van der Waals surface area contributed by atoms with E-state index in [1.54, 1.807) is 11.3 Å². The molecule has 2 aromatic rings. The Labute approximate surface area is 170 Å². The van der Waals surface area contributed by atoms with Crippen molar-refractivity contribution in [3.05, 3.63) is 38.0 Å². The average Bonchev–Trinajstić information content (AvgIpc) is 3.14. The highest BCUT2D eigenvalue weighted by molar-refractivity contribution is 14.0. The molecule has 134 valence electrons. The Morgan fingerprint density at radius 2 is 2.12 bits per heavy atom. The van der Waals surface area contributed by atoms with Crippen molar-refractivity contribution in [3.8, 4) is 0 Å². The molecule has 0 fully saturated rings. The molecule has 0 saturated carbocycles. The van der Waals surface area contributed by atoms with Gasteiger partial charge >= 0.3 is 0 Å². The second-order valence-electron chi connectivity index (χ2n) is 5.48. The van der Waals surface area contributed by atoms with Crippen LogP contribution in [0.3, 0.4) is 0 Å². The van der Waals surface area contributed by atoms with Gasteiger partial charge in [0, 0.05) is 42.9 Å². The predicted molar refractivity (Wildman–Crippen MR) is 117 cm³/mol. The molecule has 2 aromatic heterocycles. The number of likely N-dealkylation sites (N-methyl/N-ethyl adjacent to an activating group) is 1. The van der Waals surface area contributed by atoms with E-state index in [0.29, 0.717) is 0 Å². The normalized spacial score (nSPS) is 11.2. The molecule has 24 heavy (non-hydrogen) atoms. The summed E-state index contributed by atoms with van der Waals surface area (Å²) in [6.07, 6.45) is 2.02. The van der Waals surface area contributed by atoms with Gasteiger partial charge in [0.2, 0.25) is 0 Å². The van der Waals surface area contributed by atoms with Crippen molar-refractivity contribution in [1.29, 1.82) is 0 Å². The third-order valence-corrected chi connectivity index (χ3v) is 5.64. The molecule has 0 aliphatic carbocycles. The van der Waals surface area contributed by atoms with Crippen molar-refractivity contribution in [2.45, 2.75) is 33.6 Å². The van der Waals surface area contributed by atoms with E-state index >= 15 is 0 Å². The minimum atomic E-state index is 0. The fourth-order valence-corrected chi connectivity index (χ4v) is 4.00. The summed E-state index contributed by atoms with van der Waals surface area (Å²) in [7, 11) is 2.11. The molecule has 4 nitrogen and oxygen atoms in total. The smallest absolute Gasteiger partial charge is 0.193 e. The Bertz CT molecular complexity index is 623. The molecule has 0 unspecified atom stereocenters. The summed E-state index contributed by atoms with van der Waals surface area (Å²) in [4.78, 5) is 14.2. The van der Waals surface area contributed by atoms with Crippen molar-refractivity contribution in [2.75, 3.05) is 26.7 Å². The maximum Gasteiger partial charge on any atom is 0.193 e. The van der Waals surface area contributed by atoms with E-state index in [4.69, 9.17) is 4.99 Å². The number of hydrogen-bond donors (Lipinski definition) is 1.